The number of nitrogens with zero attached hydrogens (tertiary/aromatic N) is 1. The molecule has 1 atom stereocenters. The summed E-state index contributed by atoms with van der Waals surface area (Å²) in [7, 11) is 0. The van der Waals surface area contributed by atoms with E-state index in [9.17, 15) is 9.59 Å². The highest BCUT2D eigenvalue weighted by Crippen LogP contribution is 2.17. The van der Waals surface area contributed by atoms with Crippen LogP contribution in [0.15, 0.2) is 17.5 Å². The molecule has 0 bridgehead atoms. The highest BCUT2D eigenvalue weighted by Gasteiger charge is 2.24. The summed E-state index contributed by atoms with van der Waals surface area (Å²) in [5, 5.41) is 7.84. The summed E-state index contributed by atoms with van der Waals surface area (Å²) in [6.45, 7) is 4.58. The van der Waals surface area contributed by atoms with Gasteiger partial charge in [-0.15, -0.1) is 11.3 Å². The fourth-order valence-corrected chi connectivity index (χ4v) is 2.61. The topological polar surface area (TPSA) is 61.4 Å². The van der Waals surface area contributed by atoms with E-state index in [1.807, 2.05) is 24.4 Å². The van der Waals surface area contributed by atoms with Crippen LogP contribution in [0.5, 0.6) is 0 Å². The zero-order valence-corrected chi connectivity index (χ0v) is 11.1. The smallest absolute Gasteiger partial charge is 0.311 e. The van der Waals surface area contributed by atoms with Crippen molar-refractivity contribution in [3.8, 4) is 0 Å². The third-order valence-electron chi connectivity index (χ3n) is 2.92. The van der Waals surface area contributed by atoms with Crippen LogP contribution < -0.4 is 10.6 Å². The summed E-state index contributed by atoms with van der Waals surface area (Å²) < 4.78 is 0. The number of carbonyl (C=O) groups excluding carboxylic acids is 2. The average Bonchev–Trinajstić information content (AvgIpc) is 2.92. The van der Waals surface area contributed by atoms with E-state index in [1.165, 1.54) is 0 Å². The summed E-state index contributed by atoms with van der Waals surface area (Å²) in [5.41, 5.74) is 0. The van der Waals surface area contributed by atoms with Gasteiger partial charge in [0.15, 0.2) is 0 Å². The third-order valence-corrected chi connectivity index (χ3v) is 3.97. The largest absolute Gasteiger partial charge is 0.340 e. The van der Waals surface area contributed by atoms with Crippen LogP contribution in [0.3, 0.4) is 0 Å². The Morgan fingerprint density at radius 2 is 2.17 bits per heavy atom. The molecule has 1 aromatic rings. The van der Waals surface area contributed by atoms with Crippen LogP contribution in [0.1, 0.15) is 17.8 Å². The number of nitrogens with one attached hydrogen (secondary N) is 2. The van der Waals surface area contributed by atoms with Gasteiger partial charge in [0.25, 0.3) is 0 Å². The second-order valence-corrected chi connectivity index (χ2v) is 5.23. The van der Waals surface area contributed by atoms with E-state index < -0.39 is 11.8 Å². The van der Waals surface area contributed by atoms with Crippen molar-refractivity contribution in [1.82, 2.24) is 15.5 Å². The molecular weight excluding hydrogens is 250 g/mol. The van der Waals surface area contributed by atoms with Gasteiger partial charge in [-0.2, -0.15) is 0 Å². The molecule has 2 amide bonds. The number of amides is 2. The average molecular weight is 267 g/mol. The number of rotatable bonds is 2. The first-order valence-electron chi connectivity index (χ1n) is 6.02. The van der Waals surface area contributed by atoms with E-state index in [0.29, 0.717) is 13.1 Å². The van der Waals surface area contributed by atoms with Gasteiger partial charge in [-0.05, 0) is 18.4 Å². The molecule has 0 aliphatic carbocycles. The van der Waals surface area contributed by atoms with Crippen molar-refractivity contribution in [3.63, 3.8) is 0 Å². The molecule has 98 valence electrons. The Bertz CT molecular complexity index is 413. The zero-order valence-electron chi connectivity index (χ0n) is 10.3. The van der Waals surface area contributed by atoms with Gasteiger partial charge in [0.1, 0.15) is 0 Å². The minimum atomic E-state index is -0.516. The molecule has 18 heavy (non-hydrogen) atoms. The summed E-state index contributed by atoms with van der Waals surface area (Å²) in [6.07, 6.45) is 0. The predicted molar refractivity (Wildman–Crippen MR) is 70.3 cm³/mol. The Labute approximate surface area is 110 Å². The minimum Gasteiger partial charge on any atom is -0.340 e. The second kappa shape index (κ2) is 5.97. The molecule has 1 unspecified atom stereocenters. The summed E-state index contributed by atoms with van der Waals surface area (Å²) in [5.74, 6) is -0.947. The Hall–Kier alpha value is -1.40. The van der Waals surface area contributed by atoms with E-state index in [0.717, 1.165) is 18.0 Å². The Morgan fingerprint density at radius 3 is 2.78 bits per heavy atom. The number of hydrogen-bond donors (Lipinski definition) is 2. The van der Waals surface area contributed by atoms with E-state index in [4.69, 9.17) is 0 Å². The van der Waals surface area contributed by atoms with Crippen molar-refractivity contribution in [3.05, 3.63) is 22.4 Å². The molecule has 1 saturated heterocycles. The highest BCUT2D eigenvalue weighted by atomic mass is 32.1. The summed E-state index contributed by atoms with van der Waals surface area (Å²) >= 11 is 1.57. The molecule has 0 spiro atoms. The van der Waals surface area contributed by atoms with Gasteiger partial charge < -0.3 is 15.5 Å². The van der Waals surface area contributed by atoms with Crippen molar-refractivity contribution in [1.29, 1.82) is 0 Å². The summed E-state index contributed by atoms with van der Waals surface area (Å²) in [6, 6.07) is 3.76. The van der Waals surface area contributed by atoms with Gasteiger partial charge in [0.05, 0.1) is 6.04 Å². The van der Waals surface area contributed by atoms with Gasteiger partial charge in [-0.3, -0.25) is 9.59 Å². The monoisotopic (exact) mass is 267 g/mol. The van der Waals surface area contributed by atoms with E-state index >= 15 is 0 Å². The second-order valence-electron chi connectivity index (χ2n) is 4.25. The van der Waals surface area contributed by atoms with Crippen LogP contribution in [-0.2, 0) is 9.59 Å². The molecule has 2 N–H and O–H groups in total. The number of thiophene rings is 1. The van der Waals surface area contributed by atoms with Crippen molar-refractivity contribution >= 4 is 23.2 Å². The molecule has 1 aliphatic rings. The number of piperazine rings is 1. The predicted octanol–water partition coefficient (Wildman–Crippen LogP) is 0.357. The zero-order chi connectivity index (χ0) is 13.0. The first-order chi connectivity index (χ1) is 8.68. The molecule has 1 aromatic heterocycles. The maximum absolute atomic E-state index is 11.9. The lowest BCUT2D eigenvalue weighted by atomic mass is 10.2. The minimum absolute atomic E-state index is 0.121. The summed E-state index contributed by atoms with van der Waals surface area (Å²) in [4.78, 5) is 26.4. The molecule has 2 rings (SSSR count). The van der Waals surface area contributed by atoms with Crippen LogP contribution in [0.2, 0.25) is 0 Å². The van der Waals surface area contributed by atoms with Crippen molar-refractivity contribution < 1.29 is 9.59 Å². The van der Waals surface area contributed by atoms with E-state index in [-0.39, 0.29) is 6.04 Å². The van der Waals surface area contributed by atoms with Crippen LogP contribution in [0, 0.1) is 0 Å². The molecule has 0 radical (unpaired) electrons. The van der Waals surface area contributed by atoms with Gasteiger partial charge >= 0.3 is 11.8 Å². The molecule has 1 aliphatic heterocycles. The quantitative estimate of drug-likeness (QED) is 0.761. The van der Waals surface area contributed by atoms with Crippen LogP contribution in [0.4, 0.5) is 0 Å². The number of hydrogen-bond acceptors (Lipinski definition) is 4. The van der Waals surface area contributed by atoms with Crippen molar-refractivity contribution in [2.75, 3.05) is 26.2 Å². The van der Waals surface area contributed by atoms with Crippen LogP contribution in [-0.4, -0.2) is 42.9 Å². The molecule has 6 heteroatoms. The molecular formula is C12H17N3O2S. The van der Waals surface area contributed by atoms with Crippen LogP contribution in [0.25, 0.3) is 0 Å². The van der Waals surface area contributed by atoms with Gasteiger partial charge in [-0.25, -0.2) is 0 Å². The Morgan fingerprint density at radius 1 is 1.44 bits per heavy atom. The maximum Gasteiger partial charge on any atom is 0.311 e. The lowest BCUT2D eigenvalue weighted by Crippen LogP contribution is -2.51. The van der Waals surface area contributed by atoms with Crippen molar-refractivity contribution in [2.24, 2.45) is 0 Å². The number of carbonyl (C=O) groups is 2. The fourth-order valence-electron chi connectivity index (χ4n) is 1.88. The lowest BCUT2D eigenvalue weighted by Gasteiger charge is -2.27. The molecule has 0 saturated carbocycles. The lowest BCUT2D eigenvalue weighted by molar-refractivity contribution is -0.146. The molecule has 1 fully saturated rings. The first kappa shape index (κ1) is 13.0. The van der Waals surface area contributed by atoms with Gasteiger partial charge in [-0.1, -0.05) is 6.07 Å². The Kier molecular flexibility index (Phi) is 4.33. The SMILES string of the molecule is CC(NC(=O)C(=O)N1CCNCC1)c1cccs1. The molecule has 2 heterocycles. The van der Waals surface area contributed by atoms with E-state index in [1.54, 1.807) is 16.2 Å². The van der Waals surface area contributed by atoms with Crippen LogP contribution >= 0.6 is 11.3 Å². The van der Waals surface area contributed by atoms with E-state index in [2.05, 4.69) is 10.6 Å². The van der Waals surface area contributed by atoms with Gasteiger partial charge in [0, 0.05) is 31.1 Å². The third kappa shape index (κ3) is 3.08. The fraction of sp³-hybridized carbons (Fsp3) is 0.500. The standard InChI is InChI=1S/C12H17N3O2S/c1-9(10-3-2-8-18-10)14-11(16)12(17)15-6-4-13-5-7-15/h2-3,8-9,13H,4-7H2,1H3,(H,14,16). The maximum atomic E-state index is 11.9. The first-order valence-corrected chi connectivity index (χ1v) is 6.90. The van der Waals surface area contributed by atoms with Gasteiger partial charge in [0.2, 0.25) is 0 Å². The normalized spacial score (nSPS) is 17.3. The highest BCUT2D eigenvalue weighted by molar-refractivity contribution is 7.10. The van der Waals surface area contributed by atoms with Crippen molar-refractivity contribution in [2.45, 2.75) is 13.0 Å². The molecule has 0 aromatic carbocycles. The Balaban J connectivity index is 1.89. The molecule has 5 nitrogen and oxygen atoms in total.